The number of pyridine rings is 1. The van der Waals surface area contributed by atoms with E-state index in [9.17, 15) is 0 Å². The molecular weight excluding hydrogens is 336 g/mol. The van der Waals surface area contributed by atoms with E-state index >= 15 is 0 Å². The van der Waals surface area contributed by atoms with Gasteiger partial charge in [0.2, 0.25) is 0 Å². The van der Waals surface area contributed by atoms with E-state index in [1.165, 1.54) is 22.0 Å². The van der Waals surface area contributed by atoms with Crippen LogP contribution in [0.1, 0.15) is 42.4 Å². The first-order valence-corrected chi connectivity index (χ1v) is 8.45. The molecule has 2 aromatic heterocycles. The number of halogens is 1. The van der Waals surface area contributed by atoms with Gasteiger partial charge in [0.15, 0.2) is 0 Å². The molecule has 1 N–H and O–H groups in total. The zero-order valence-electron chi connectivity index (χ0n) is 11.8. The fourth-order valence-electron chi connectivity index (χ4n) is 2.20. The number of rotatable bonds is 7. The molecule has 0 fully saturated rings. The van der Waals surface area contributed by atoms with Crippen LogP contribution < -0.4 is 5.32 Å². The summed E-state index contributed by atoms with van der Waals surface area (Å²) in [5.41, 5.74) is 2.34. The topological polar surface area (TPSA) is 50.7 Å². The van der Waals surface area contributed by atoms with Gasteiger partial charge in [-0.05, 0) is 58.5 Å². The average Bonchev–Trinajstić information content (AvgIpc) is 2.87. The number of nitrogens with one attached hydrogen (secondary N) is 1. The molecule has 0 aromatic carbocycles. The summed E-state index contributed by atoms with van der Waals surface area (Å²) >= 11 is 4.98. The summed E-state index contributed by atoms with van der Waals surface area (Å²) < 4.78 is 5.15. The van der Waals surface area contributed by atoms with E-state index in [4.69, 9.17) is 0 Å². The van der Waals surface area contributed by atoms with Crippen molar-refractivity contribution in [2.45, 2.75) is 39.2 Å². The molecule has 0 radical (unpaired) electrons. The maximum absolute atomic E-state index is 4.27. The Morgan fingerprint density at radius 2 is 2.20 bits per heavy atom. The zero-order chi connectivity index (χ0) is 14.4. The highest BCUT2D eigenvalue weighted by Gasteiger charge is 2.18. The molecule has 0 spiro atoms. The highest BCUT2D eigenvalue weighted by atomic mass is 79.9. The molecule has 20 heavy (non-hydrogen) atoms. The van der Waals surface area contributed by atoms with Gasteiger partial charge in [-0.1, -0.05) is 24.8 Å². The first-order valence-electron chi connectivity index (χ1n) is 6.88. The summed E-state index contributed by atoms with van der Waals surface area (Å²) in [6, 6.07) is 2.38. The van der Waals surface area contributed by atoms with Crippen LogP contribution in [-0.4, -0.2) is 21.1 Å². The lowest BCUT2D eigenvalue weighted by atomic mass is 10.0. The molecule has 0 aliphatic rings. The van der Waals surface area contributed by atoms with E-state index in [0.717, 1.165) is 36.0 Å². The Labute approximate surface area is 132 Å². The van der Waals surface area contributed by atoms with E-state index in [-0.39, 0.29) is 6.04 Å². The van der Waals surface area contributed by atoms with E-state index in [1.807, 2.05) is 12.4 Å². The maximum Gasteiger partial charge on any atom is 0.0803 e. The third-order valence-corrected chi connectivity index (χ3v) is 4.35. The molecule has 2 aromatic rings. The summed E-state index contributed by atoms with van der Waals surface area (Å²) in [4.78, 5) is 5.49. The van der Waals surface area contributed by atoms with Gasteiger partial charge in [0.25, 0.3) is 0 Å². The monoisotopic (exact) mass is 354 g/mol. The minimum Gasteiger partial charge on any atom is -0.309 e. The summed E-state index contributed by atoms with van der Waals surface area (Å²) in [7, 11) is 0. The molecule has 1 atom stereocenters. The molecular formula is C14H19BrN4S. The number of aryl methyl sites for hydroxylation is 1. The Hall–Kier alpha value is -0.850. The second kappa shape index (κ2) is 7.81. The van der Waals surface area contributed by atoms with E-state index in [2.05, 4.69) is 55.7 Å². The fraction of sp³-hybridized carbons (Fsp3) is 0.500. The first kappa shape index (κ1) is 15.5. The van der Waals surface area contributed by atoms with Crippen LogP contribution >= 0.6 is 27.5 Å². The van der Waals surface area contributed by atoms with Gasteiger partial charge in [-0.2, -0.15) is 0 Å². The van der Waals surface area contributed by atoms with Crippen LogP contribution in [0.4, 0.5) is 0 Å². The molecule has 1 unspecified atom stereocenters. The molecule has 108 valence electrons. The van der Waals surface area contributed by atoms with Gasteiger partial charge < -0.3 is 5.32 Å². The van der Waals surface area contributed by atoms with Crippen molar-refractivity contribution in [3.8, 4) is 0 Å². The Morgan fingerprint density at radius 3 is 2.90 bits per heavy atom. The lowest BCUT2D eigenvalue weighted by Gasteiger charge is -2.17. The minimum atomic E-state index is 0.262. The first-order chi connectivity index (χ1) is 9.74. The normalized spacial score (nSPS) is 12.6. The van der Waals surface area contributed by atoms with Crippen molar-refractivity contribution in [1.29, 1.82) is 0 Å². The Kier molecular flexibility index (Phi) is 6.06. The number of hydrogen-bond donors (Lipinski definition) is 1. The second-order valence-electron chi connectivity index (χ2n) is 4.66. The minimum absolute atomic E-state index is 0.262. The van der Waals surface area contributed by atoms with Gasteiger partial charge in [-0.3, -0.25) is 4.98 Å². The molecule has 0 saturated heterocycles. The van der Waals surface area contributed by atoms with Crippen LogP contribution in [0.5, 0.6) is 0 Å². The fourth-order valence-corrected chi connectivity index (χ4v) is 3.38. The molecule has 0 saturated carbocycles. The lowest BCUT2D eigenvalue weighted by Crippen LogP contribution is -2.23. The second-order valence-corrected chi connectivity index (χ2v) is 6.36. The largest absolute Gasteiger partial charge is 0.309 e. The van der Waals surface area contributed by atoms with Crippen molar-refractivity contribution in [3.05, 3.63) is 39.1 Å². The molecule has 4 nitrogen and oxygen atoms in total. The van der Waals surface area contributed by atoms with E-state index < -0.39 is 0 Å². The summed E-state index contributed by atoms with van der Waals surface area (Å²) in [6.07, 6.45) is 6.71. The third kappa shape index (κ3) is 4.07. The summed E-state index contributed by atoms with van der Waals surface area (Å²) in [5, 5.41) is 7.81. The van der Waals surface area contributed by atoms with E-state index in [1.54, 1.807) is 0 Å². The number of nitrogens with zero attached hydrogens (tertiary/aromatic N) is 3. The lowest BCUT2D eigenvalue weighted by molar-refractivity contribution is 0.551. The van der Waals surface area contributed by atoms with Crippen LogP contribution in [0.15, 0.2) is 22.9 Å². The molecule has 0 aliphatic carbocycles. The Balaban J connectivity index is 2.20. The summed E-state index contributed by atoms with van der Waals surface area (Å²) in [5.74, 6) is 0. The van der Waals surface area contributed by atoms with Crippen LogP contribution in [0, 0.1) is 0 Å². The Morgan fingerprint density at radius 1 is 1.35 bits per heavy atom. The summed E-state index contributed by atoms with van der Waals surface area (Å²) in [6.45, 7) is 5.22. The average molecular weight is 355 g/mol. The van der Waals surface area contributed by atoms with Crippen LogP contribution in [0.2, 0.25) is 0 Å². The molecule has 0 amide bonds. The number of hydrogen-bond acceptors (Lipinski definition) is 5. The molecule has 2 heterocycles. The predicted molar refractivity (Wildman–Crippen MR) is 86.0 cm³/mol. The molecule has 6 heteroatoms. The van der Waals surface area contributed by atoms with Crippen molar-refractivity contribution in [1.82, 2.24) is 19.9 Å². The van der Waals surface area contributed by atoms with Crippen LogP contribution in [0.25, 0.3) is 0 Å². The smallest absolute Gasteiger partial charge is 0.0803 e. The Bertz CT molecular complexity index is 543. The number of likely N-dealkylation sites (N-methyl/N-ethyl adjacent to an activating group) is 1. The van der Waals surface area contributed by atoms with Crippen molar-refractivity contribution in [2.24, 2.45) is 0 Å². The van der Waals surface area contributed by atoms with Gasteiger partial charge in [0, 0.05) is 22.9 Å². The van der Waals surface area contributed by atoms with E-state index in [0.29, 0.717) is 0 Å². The maximum atomic E-state index is 4.27. The number of aromatic nitrogens is 3. The highest BCUT2D eigenvalue weighted by molar-refractivity contribution is 9.10. The molecule has 0 bridgehead atoms. The SMILES string of the molecule is CCCc1nnsc1C(Cc1cncc(Br)c1)NCC. The van der Waals surface area contributed by atoms with Crippen molar-refractivity contribution >= 4 is 27.5 Å². The standard InChI is InChI=1S/C14H19BrN4S/c1-3-5-12-14(20-19-18-12)13(17-4-2)7-10-6-11(15)9-16-8-10/h6,8-9,13,17H,3-5,7H2,1-2H3. The van der Waals surface area contributed by atoms with Crippen molar-refractivity contribution in [2.75, 3.05) is 6.54 Å². The predicted octanol–water partition coefficient (Wildman–Crippen LogP) is 3.54. The zero-order valence-corrected chi connectivity index (χ0v) is 14.2. The van der Waals surface area contributed by atoms with Crippen LogP contribution in [0.3, 0.4) is 0 Å². The van der Waals surface area contributed by atoms with Gasteiger partial charge in [-0.25, -0.2) is 0 Å². The highest BCUT2D eigenvalue weighted by Crippen LogP contribution is 2.25. The van der Waals surface area contributed by atoms with Gasteiger partial charge in [0.05, 0.1) is 10.6 Å². The molecule has 2 rings (SSSR count). The third-order valence-electron chi connectivity index (χ3n) is 3.04. The van der Waals surface area contributed by atoms with Gasteiger partial charge >= 0.3 is 0 Å². The quantitative estimate of drug-likeness (QED) is 0.825. The molecule has 0 aliphatic heterocycles. The van der Waals surface area contributed by atoms with Gasteiger partial charge in [-0.15, -0.1) is 5.10 Å². The van der Waals surface area contributed by atoms with Crippen molar-refractivity contribution < 1.29 is 0 Å². The van der Waals surface area contributed by atoms with Gasteiger partial charge in [0.1, 0.15) is 0 Å². The van der Waals surface area contributed by atoms with Crippen LogP contribution in [-0.2, 0) is 12.8 Å². The van der Waals surface area contributed by atoms with Crippen molar-refractivity contribution in [3.63, 3.8) is 0 Å².